The summed E-state index contributed by atoms with van der Waals surface area (Å²) in [5.41, 5.74) is 3.58. The van der Waals surface area contributed by atoms with E-state index in [2.05, 4.69) is 23.2 Å². The molecular formula is C24H22ClN3O3S. The molecule has 5 rings (SSSR count). The molecule has 2 aromatic carbocycles. The lowest BCUT2D eigenvalue weighted by molar-refractivity contribution is 0.0692. The molecule has 2 atom stereocenters. The van der Waals surface area contributed by atoms with Gasteiger partial charge in [0.05, 0.1) is 13.2 Å². The molecule has 3 aromatic rings. The summed E-state index contributed by atoms with van der Waals surface area (Å²) in [6.45, 7) is 2.10. The number of nitrogens with zero attached hydrogens (tertiary/aromatic N) is 3. The smallest absolute Gasteiger partial charge is 0.300 e. The third-order valence-corrected chi connectivity index (χ3v) is 7.82. The molecule has 0 N–H and O–H groups in total. The highest BCUT2D eigenvalue weighted by molar-refractivity contribution is 7.98. The van der Waals surface area contributed by atoms with Gasteiger partial charge in [-0.3, -0.25) is 14.2 Å². The van der Waals surface area contributed by atoms with Crippen LogP contribution < -0.4 is 10.3 Å². The zero-order chi connectivity index (χ0) is 22.6. The molecule has 8 heteroatoms. The number of amides is 1. The first kappa shape index (κ1) is 21.1. The van der Waals surface area contributed by atoms with E-state index in [1.807, 2.05) is 28.8 Å². The maximum atomic E-state index is 13.2. The first-order valence-electron chi connectivity index (χ1n) is 10.3. The van der Waals surface area contributed by atoms with Gasteiger partial charge in [-0.15, -0.1) is 11.8 Å². The Morgan fingerprint density at radius 2 is 1.88 bits per heavy atom. The molecule has 2 unspecified atom stereocenters. The van der Waals surface area contributed by atoms with Gasteiger partial charge >= 0.3 is 0 Å². The molecule has 1 amide bonds. The van der Waals surface area contributed by atoms with E-state index in [9.17, 15) is 9.59 Å². The van der Waals surface area contributed by atoms with Gasteiger partial charge in [0.2, 0.25) is 0 Å². The van der Waals surface area contributed by atoms with E-state index in [1.54, 1.807) is 30.6 Å². The fraction of sp³-hybridized carbons (Fsp3) is 0.292. The summed E-state index contributed by atoms with van der Waals surface area (Å²) in [5, 5.41) is 0.731. The van der Waals surface area contributed by atoms with E-state index in [0.717, 1.165) is 27.5 Å². The monoisotopic (exact) mass is 467 g/mol. The Morgan fingerprint density at radius 1 is 1.12 bits per heavy atom. The molecule has 164 valence electrons. The highest BCUT2D eigenvalue weighted by Crippen LogP contribution is 2.49. The van der Waals surface area contributed by atoms with Crippen LogP contribution in [-0.2, 0) is 5.75 Å². The highest BCUT2D eigenvalue weighted by Gasteiger charge is 2.41. The third-order valence-electron chi connectivity index (χ3n) is 6.35. The van der Waals surface area contributed by atoms with Crippen molar-refractivity contribution >= 4 is 29.3 Å². The quantitative estimate of drug-likeness (QED) is 0.563. The van der Waals surface area contributed by atoms with Crippen LogP contribution in [-0.4, -0.2) is 41.1 Å². The molecule has 6 nitrogen and oxygen atoms in total. The van der Waals surface area contributed by atoms with Gasteiger partial charge in [0.1, 0.15) is 5.69 Å². The number of hydrogen-bond acceptors (Lipinski definition) is 5. The number of aromatic nitrogens is 2. The lowest BCUT2D eigenvalue weighted by atomic mass is 9.81. The minimum Gasteiger partial charge on any atom is -0.468 e. The van der Waals surface area contributed by atoms with Crippen LogP contribution in [0.1, 0.15) is 44.7 Å². The summed E-state index contributed by atoms with van der Waals surface area (Å²) >= 11 is 8.42. The van der Waals surface area contributed by atoms with Crippen molar-refractivity contribution in [2.24, 2.45) is 0 Å². The molecule has 32 heavy (non-hydrogen) atoms. The van der Waals surface area contributed by atoms with Crippen LogP contribution in [0.25, 0.3) is 0 Å². The van der Waals surface area contributed by atoms with Crippen molar-refractivity contribution in [1.82, 2.24) is 14.5 Å². The Labute approximate surface area is 195 Å². The van der Waals surface area contributed by atoms with E-state index < -0.39 is 5.56 Å². The number of fused-ring (bicyclic) bond motifs is 3. The summed E-state index contributed by atoms with van der Waals surface area (Å²) in [5.74, 6) is 0.441. The largest absolute Gasteiger partial charge is 0.468 e. The normalized spacial score (nSPS) is 19.6. The Kier molecular flexibility index (Phi) is 5.26. The van der Waals surface area contributed by atoms with Crippen LogP contribution in [0.4, 0.5) is 0 Å². The van der Waals surface area contributed by atoms with Crippen LogP contribution in [0.2, 0.25) is 5.02 Å². The summed E-state index contributed by atoms with van der Waals surface area (Å²) in [6.07, 6.45) is 0. The fourth-order valence-corrected chi connectivity index (χ4v) is 6.30. The molecule has 0 fully saturated rings. The molecule has 0 saturated carbocycles. The minimum absolute atomic E-state index is 0.109. The maximum absolute atomic E-state index is 13.2. The van der Waals surface area contributed by atoms with Gasteiger partial charge in [0.15, 0.2) is 0 Å². The zero-order valence-corrected chi connectivity index (χ0v) is 19.5. The number of rotatable bonds is 2. The number of ether oxygens (including phenoxy) is 1. The lowest BCUT2D eigenvalue weighted by Gasteiger charge is -2.40. The van der Waals surface area contributed by atoms with Crippen molar-refractivity contribution in [1.29, 1.82) is 0 Å². The number of carbonyl (C=O) groups is 1. The maximum Gasteiger partial charge on any atom is 0.300 e. The molecule has 0 spiro atoms. The molecular weight excluding hydrogens is 446 g/mol. The Hall–Kier alpha value is -2.77. The van der Waals surface area contributed by atoms with Crippen LogP contribution in [0.3, 0.4) is 0 Å². The third kappa shape index (κ3) is 3.14. The highest BCUT2D eigenvalue weighted by atomic mass is 35.5. The molecule has 1 aromatic heterocycles. The van der Waals surface area contributed by atoms with Gasteiger partial charge < -0.3 is 9.64 Å². The van der Waals surface area contributed by atoms with E-state index in [0.29, 0.717) is 17.8 Å². The van der Waals surface area contributed by atoms with Crippen LogP contribution in [0.15, 0.2) is 52.2 Å². The number of halogens is 1. The summed E-state index contributed by atoms with van der Waals surface area (Å²) in [4.78, 5) is 32.7. The SMILES string of the molecule is COc1nc(=O)c(C)c2n1C(C1c3ccccc3SCc3c(Cl)cccc31)CN(C)C2=O. The molecule has 2 aliphatic heterocycles. The molecule has 0 radical (unpaired) electrons. The lowest BCUT2D eigenvalue weighted by Crippen LogP contribution is -2.46. The number of likely N-dealkylation sites (N-methyl/N-ethyl adjacent to an activating group) is 1. The Morgan fingerprint density at radius 3 is 2.66 bits per heavy atom. The van der Waals surface area contributed by atoms with Crippen LogP contribution in [0.5, 0.6) is 6.01 Å². The molecule has 2 aliphatic rings. The van der Waals surface area contributed by atoms with Gasteiger partial charge in [-0.2, -0.15) is 4.98 Å². The van der Waals surface area contributed by atoms with Gasteiger partial charge in [-0.05, 0) is 35.7 Å². The molecule has 3 heterocycles. The standard InChI is InChI=1S/C24H22ClN3O3S/c1-13-21-23(30)27(2)11-18(28(21)24(31-3)26-22(13)29)20-14-8-6-9-17(25)16(14)12-32-19-10-5-4-7-15(19)20/h4-10,18,20H,11-12H2,1-3H3. The fourth-order valence-electron chi connectivity index (χ4n) is 4.82. The molecule has 0 bridgehead atoms. The minimum atomic E-state index is -0.448. The second kappa shape index (κ2) is 7.98. The van der Waals surface area contributed by atoms with E-state index in [-0.39, 0.29) is 23.9 Å². The van der Waals surface area contributed by atoms with Crippen molar-refractivity contribution in [3.8, 4) is 6.01 Å². The van der Waals surface area contributed by atoms with Crippen LogP contribution >= 0.6 is 23.4 Å². The number of thioether (sulfide) groups is 1. The number of carbonyl (C=O) groups excluding carboxylic acids is 1. The number of benzene rings is 2. The Balaban J connectivity index is 1.85. The summed E-state index contributed by atoms with van der Waals surface area (Å²) < 4.78 is 7.35. The average molecular weight is 468 g/mol. The zero-order valence-electron chi connectivity index (χ0n) is 18.0. The van der Waals surface area contributed by atoms with Crippen molar-refractivity contribution in [2.75, 3.05) is 20.7 Å². The average Bonchev–Trinajstić information content (AvgIpc) is 2.96. The topological polar surface area (TPSA) is 64.4 Å². The second-order valence-corrected chi connectivity index (χ2v) is 9.54. The second-order valence-electron chi connectivity index (χ2n) is 8.11. The first-order valence-corrected chi connectivity index (χ1v) is 11.7. The van der Waals surface area contributed by atoms with Gasteiger partial charge in [-0.25, -0.2) is 0 Å². The summed E-state index contributed by atoms with van der Waals surface area (Å²) in [7, 11) is 3.25. The van der Waals surface area contributed by atoms with Crippen molar-refractivity contribution in [3.63, 3.8) is 0 Å². The van der Waals surface area contributed by atoms with Gasteiger partial charge in [-0.1, -0.05) is 41.9 Å². The van der Waals surface area contributed by atoms with Gasteiger partial charge in [0, 0.05) is 40.7 Å². The predicted molar refractivity (Wildman–Crippen MR) is 125 cm³/mol. The van der Waals surface area contributed by atoms with Crippen molar-refractivity contribution in [2.45, 2.75) is 29.5 Å². The van der Waals surface area contributed by atoms with E-state index in [4.69, 9.17) is 16.3 Å². The molecule has 0 saturated heterocycles. The van der Waals surface area contributed by atoms with Crippen molar-refractivity contribution in [3.05, 3.63) is 85.8 Å². The number of methoxy groups -OCH3 is 1. The van der Waals surface area contributed by atoms with E-state index >= 15 is 0 Å². The number of hydrogen-bond donors (Lipinski definition) is 0. The Bertz CT molecular complexity index is 1310. The van der Waals surface area contributed by atoms with Crippen LogP contribution in [0, 0.1) is 6.92 Å². The summed E-state index contributed by atoms with van der Waals surface area (Å²) in [6, 6.07) is 14.2. The van der Waals surface area contributed by atoms with Crippen molar-refractivity contribution < 1.29 is 9.53 Å². The first-order chi connectivity index (χ1) is 15.4. The molecule has 0 aliphatic carbocycles. The predicted octanol–water partition coefficient (Wildman–Crippen LogP) is 4.28. The van der Waals surface area contributed by atoms with Gasteiger partial charge in [0.25, 0.3) is 17.5 Å². The van der Waals surface area contributed by atoms with E-state index in [1.165, 1.54) is 12.0 Å².